The number of aromatic hydroxyl groups is 1. The molecular weight excluding hydrogens is 216 g/mol. The summed E-state index contributed by atoms with van der Waals surface area (Å²) in [6, 6.07) is 4.45. The van der Waals surface area contributed by atoms with Crippen LogP contribution in [0, 0.1) is 0 Å². The molecule has 0 bridgehead atoms. The van der Waals surface area contributed by atoms with E-state index in [2.05, 4.69) is 0 Å². The fourth-order valence-electron chi connectivity index (χ4n) is 1.35. The van der Waals surface area contributed by atoms with Crippen LogP contribution in [0.15, 0.2) is 18.2 Å². The summed E-state index contributed by atoms with van der Waals surface area (Å²) in [6.45, 7) is 1.29. The van der Waals surface area contributed by atoms with E-state index in [9.17, 15) is 13.9 Å². The van der Waals surface area contributed by atoms with Gasteiger partial charge in [-0.05, 0) is 31.0 Å². The molecule has 5 heteroatoms. The Morgan fingerprint density at radius 1 is 1.50 bits per heavy atom. The molecule has 0 aromatic heterocycles. The van der Waals surface area contributed by atoms with Gasteiger partial charge in [0.1, 0.15) is 0 Å². The van der Waals surface area contributed by atoms with Crippen LogP contribution in [-0.4, -0.2) is 24.2 Å². The van der Waals surface area contributed by atoms with Crippen LogP contribution < -0.4 is 10.5 Å². The van der Waals surface area contributed by atoms with Crippen molar-refractivity contribution in [2.45, 2.75) is 25.3 Å². The minimum Gasteiger partial charge on any atom is -0.504 e. The van der Waals surface area contributed by atoms with Crippen molar-refractivity contribution in [1.29, 1.82) is 0 Å². The molecule has 1 aromatic carbocycles. The fraction of sp³-hybridized carbons (Fsp3) is 0.455. The molecule has 1 atom stereocenters. The summed E-state index contributed by atoms with van der Waals surface area (Å²) in [5.74, 6) is 0.226. The van der Waals surface area contributed by atoms with Crippen LogP contribution in [0.2, 0.25) is 0 Å². The molecule has 1 rings (SSSR count). The van der Waals surface area contributed by atoms with Crippen LogP contribution in [-0.2, 0) is 6.42 Å². The van der Waals surface area contributed by atoms with Gasteiger partial charge in [0.05, 0.1) is 12.6 Å². The zero-order valence-electron chi connectivity index (χ0n) is 9.21. The van der Waals surface area contributed by atoms with Crippen molar-refractivity contribution in [3.8, 4) is 11.5 Å². The van der Waals surface area contributed by atoms with Crippen LogP contribution in [0.5, 0.6) is 11.5 Å². The van der Waals surface area contributed by atoms with E-state index in [1.807, 2.05) is 0 Å². The number of benzene rings is 1. The largest absolute Gasteiger partial charge is 0.504 e. The zero-order valence-corrected chi connectivity index (χ0v) is 9.21. The van der Waals surface area contributed by atoms with E-state index in [1.54, 1.807) is 6.07 Å². The molecule has 3 N–H and O–H groups in total. The van der Waals surface area contributed by atoms with Gasteiger partial charge in [-0.25, -0.2) is 8.78 Å². The maximum absolute atomic E-state index is 12.6. The number of hydrogen-bond acceptors (Lipinski definition) is 3. The molecule has 90 valence electrons. The van der Waals surface area contributed by atoms with Crippen molar-refractivity contribution in [2.24, 2.45) is 5.73 Å². The second kappa shape index (κ2) is 4.65. The predicted molar refractivity (Wildman–Crippen MR) is 57.0 cm³/mol. The van der Waals surface area contributed by atoms with E-state index in [0.29, 0.717) is 5.56 Å². The van der Waals surface area contributed by atoms with Gasteiger partial charge in [-0.3, -0.25) is 0 Å². The summed E-state index contributed by atoms with van der Waals surface area (Å²) >= 11 is 0. The van der Waals surface area contributed by atoms with Gasteiger partial charge >= 0.3 is 0 Å². The number of hydrogen-bond donors (Lipinski definition) is 2. The van der Waals surface area contributed by atoms with Gasteiger partial charge in [0.25, 0.3) is 6.43 Å². The lowest BCUT2D eigenvalue weighted by molar-refractivity contribution is 0.0639. The Hall–Kier alpha value is -1.36. The van der Waals surface area contributed by atoms with Crippen LogP contribution in [0.25, 0.3) is 0 Å². The number of nitrogens with two attached hydrogens (primary N) is 1. The first-order valence-electron chi connectivity index (χ1n) is 4.79. The SMILES string of the molecule is COc1cc(CC(C)(N)C(F)F)ccc1O. The van der Waals surface area contributed by atoms with Gasteiger partial charge in [-0.2, -0.15) is 0 Å². The lowest BCUT2D eigenvalue weighted by Gasteiger charge is -2.23. The van der Waals surface area contributed by atoms with E-state index in [1.165, 1.54) is 26.2 Å². The minimum atomic E-state index is -2.60. The van der Waals surface area contributed by atoms with Crippen molar-refractivity contribution in [2.75, 3.05) is 7.11 Å². The first kappa shape index (κ1) is 12.7. The van der Waals surface area contributed by atoms with Crippen LogP contribution in [0.1, 0.15) is 12.5 Å². The molecule has 1 unspecified atom stereocenters. The monoisotopic (exact) mass is 231 g/mol. The molecule has 0 aliphatic rings. The fourth-order valence-corrected chi connectivity index (χ4v) is 1.35. The number of ether oxygens (including phenoxy) is 1. The Morgan fingerprint density at radius 2 is 2.12 bits per heavy atom. The van der Waals surface area contributed by atoms with Crippen LogP contribution >= 0.6 is 0 Å². The second-order valence-corrected chi connectivity index (χ2v) is 3.99. The molecule has 0 aliphatic heterocycles. The molecule has 0 saturated heterocycles. The van der Waals surface area contributed by atoms with Crippen LogP contribution in [0.3, 0.4) is 0 Å². The highest BCUT2D eigenvalue weighted by atomic mass is 19.3. The maximum Gasteiger partial charge on any atom is 0.256 e. The number of rotatable bonds is 4. The molecule has 1 aromatic rings. The first-order valence-corrected chi connectivity index (χ1v) is 4.79. The number of phenolic OH excluding ortho intramolecular Hbond substituents is 1. The van der Waals surface area contributed by atoms with Gasteiger partial charge in [0, 0.05) is 0 Å². The number of halogens is 2. The average molecular weight is 231 g/mol. The topological polar surface area (TPSA) is 55.5 Å². The summed E-state index contributed by atoms with van der Waals surface area (Å²) in [5, 5.41) is 9.34. The molecule has 0 heterocycles. The summed E-state index contributed by atoms with van der Waals surface area (Å²) < 4.78 is 30.0. The van der Waals surface area contributed by atoms with Crippen molar-refractivity contribution in [3.05, 3.63) is 23.8 Å². The molecule has 0 aliphatic carbocycles. The Balaban J connectivity index is 2.90. The number of alkyl halides is 2. The summed E-state index contributed by atoms with van der Waals surface area (Å²) in [5.41, 5.74) is 4.48. The Kier molecular flexibility index (Phi) is 3.70. The number of methoxy groups -OCH3 is 1. The van der Waals surface area contributed by atoms with E-state index < -0.39 is 12.0 Å². The molecule has 0 radical (unpaired) electrons. The van der Waals surface area contributed by atoms with Crippen molar-refractivity contribution >= 4 is 0 Å². The highest BCUT2D eigenvalue weighted by Gasteiger charge is 2.30. The highest BCUT2D eigenvalue weighted by Crippen LogP contribution is 2.28. The van der Waals surface area contributed by atoms with Gasteiger partial charge in [-0.15, -0.1) is 0 Å². The normalized spacial score (nSPS) is 14.9. The average Bonchev–Trinajstić information content (AvgIpc) is 2.20. The van der Waals surface area contributed by atoms with E-state index in [-0.39, 0.29) is 17.9 Å². The molecule has 16 heavy (non-hydrogen) atoms. The third-order valence-corrected chi connectivity index (χ3v) is 2.33. The zero-order chi connectivity index (χ0) is 12.3. The first-order chi connectivity index (χ1) is 7.36. The van der Waals surface area contributed by atoms with E-state index in [0.717, 1.165) is 0 Å². The van der Waals surface area contributed by atoms with Gasteiger partial charge < -0.3 is 15.6 Å². The Bertz CT molecular complexity index is 367. The quantitative estimate of drug-likeness (QED) is 0.832. The van der Waals surface area contributed by atoms with E-state index in [4.69, 9.17) is 10.5 Å². The summed E-state index contributed by atoms with van der Waals surface area (Å²) in [6.07, 6.45) is -2.59. The molecular formula is C11H15F2NO2. The third-order valence-electron chi connectivity index (χ3n) is 2.33. The maximum atomic E-state index is 12.6. The highest BCUT2D eigenvalue weighted by molar-refractivity contribution is 5.42. The molecule has 0 fully saturated rings. The van der Waals surface area contributed by atoms with Gasteiger partial charge in [0.2, 0.25) is 0 Å². The summed E-state index contributed by atoms with van der Waals surface area (Å²) in [4.78, 5) is 0. The predicted octanol–water partition coefficient (Wildman–Crippen LogP) is 1.93. The smallest absolute Gasteiger partial charge is 0.256 e. The molecule has 0 spiro atoms. The Labute approximate surface area is 92.8 Å². The van der Waals surface area contributed by atoms with Crippen molar-refractivity contribution in [3.63, 3.8) is 0 Å². The molecule has 0 amide bonds. The summed E-state index contributed by atoms with van der Waals surface area (Å²) in [7, 11) is 1.40. The Morgan fingerprint density at radius 3 is 2.62 bits per heavy atom. The molecule has 0 saturated carbocycles. The van der Waals surface area contributed by atoms with Crippen molar-refractivity contribution < 1.29 is 18.6 Å². The van der Waals surface area contributed by atoms with Gasteiger partial charge in [-0.1, -0.05) is 6.07 Å². The second-order valence-electron chi connectivity index (χ2n) is 3.99. The van der Waals surface area contributed by atoms with Crippen LogP contribution in [0.4, 0.5) is 8.78 Å². The standard InChI is InChI=1S/C11H15F2NO2/c1-11(14,10(12)13)6-7-3-4-8(15)9(5-7)16-2/h3-5,10,15H,6,14H2,1-2H3. The van der Waals surface area contributed by atoms with Gasteiger partial charge in [0.15, 0.2) is 11.5 Å². The molecule has 3 nitrogen and oxygen atoms in total. The van der Waals surface area contributed by atoms with E-state index >= 15 is 0 Å². The minimum absolute atomic E-state index is 0.0152. The van der Waals surface area contributed by atoms with Crippen molar-refractivity contribution in [1.82, 2.24) is 0 Å². The lowest BCUT2D eigenvalue weighted by Crippen LogP contribution is -2.45. The number of phenols is 1. The third kappa shape index (κ3) is 2.82. The lowest BCUT2D eigenvalue weighted by atomic mass is 9.94.